The van der Waals surface area contributed by atoms with E-state index in [2.05, 4.69) is 33.4 Å². The topological polar surface area (TPSA) is 0 Å². The van der Waals surface area contributed by atoms with Gasteiger partial charge in [0, 0.05) is 0 Å². The van der Waals surface area contributed by atoms with E-state index in [1.54, 1.807) is 15.8 Å². The summed E-state index contributed by atoms with van der Waals surface area (Å²) in [5.41, 5.74) is 0. The standard InChI is InChI=1S/C27H56Ge/c1-5-9-12-15-18-21-25-28(24-8-4,26-22-19-16-13-10-6-2)27-23-20-17-14-11-7-3/h8H,4-7,9-27H2,1-3H3. The van der Waals surface area contributed by atoms with E-state index in [1.165, 1.54) is 121 Å². The second-order valence-electron chi connectivity index (χ2n) is 9.55. The molecule has 1 heteroatoms. The first kappa shape index (κ1) is 28.3. The molecule has 0 saturated carbocycles. The van der Waals surface area contributed by atoms with Crippen LogP contribution < -0.4 is 0 Å². The van der Waals surface area contributed by atoms with E-state index >= 15 is 0 Å². The maximum absolute atomic E-state index is 4.20. The summed E-state index contributed by atoms with van der Waals surface area (Å²) in [6.45, 7) is 11.2. The molecule has 0 aliphatic heterocycles. The second kappa shape index (κ2) is 22.0. The fraction of sp³-hybridized carbons (Fsp3) is 0.926. The summed E-state index contributed by atoms with van der Waals surface area (Å²) in [6.07, 6.45) is 28.7. The predicted octanol–water partition coefficient (Wildman–Crippen LogP) is 10.7. The molecule has 0 spiro atoms. The first-order chi connectivity index (χ1) is 13.7. The van der Waals surface area contributed by atoms with Gasteiger partial charge in [-0.25, -0.2) is 0 Å². The summed E-state index contributed by atoms with van der Waals surface area (Å²) in [6, 6.07) is 0. The first-order valence-corrected chi connectivity index (χ1v) is 19.3. The van der Waals surface area contributed by atoms with Crippen LogP contribution in [0.4, 0.5) is 0 Å². The van der Waals surface area contributed by atoms with Crippen LogP contribution in [0, 0.1) is 0 Å². The zero-order valence-electron chi connectivity index (χ0n) is 20.3. The van der Waals surface area contributed by atoms with Crippen molar-refractivity contribution in [2.24, 2.45) is 0 Å². The third-order valence-electron chi connectivity index (χ3n) is 6.76. The van der Waals surface area contributed by atoms with E-state index < -0.39 is 13.3 Å². The molecule has 0 rings (SSSR count). The number of unbranched alkanes of at least 4 members (excludes halogenated alkanes) is 15. The summed E-state index contributed by atoms with van der Waals surface area (Å²) in [7, 11) is 0. The van der Waals surface area contributed by atoms with Crippen LogP contribution in [-0.4, -0.2) is 13.3 Å². The van der Waals surface area contributed by atoms with E-state index in [0.29, 0.717) is 0 Å². The molecule has 0 unspecified atom stereocenters. The molecule has 0 atom stereocenters. The van der Waals surface area contributed by atoms with Crippen LogP contribution in [-0.2, 0) is 0 Å². The zero-order valence-corrected chi connectivity index (χ0v) is 22.4. The zero-order chi connectivity index (χ0) is 20.8. The summed E-state index contributed by atoms with van der Waals surface area (Å²) >= 11 is -1.71. The summed E-state index contributed by atoms with van der Waals surface area (Å²) in [5.74, 6) is 0. The predicted molar refractivity (Wildman–Crippen MR) is 135 cm³/mol. The van der Waals surface area contributed by atoms with Gasteiger partial charge in [0.2, 0.25) is 0 Å². The van der Waals surface area contributed by atoms with Gasteiger partial charge in [-0.2, -0.15) is 0 Å². The molecular weight excluding hydrogens is 397 g/mol. The van der Waals surface area contributed by atoms with Crippen molar-refractivity contribution < 1.29 is 0 Å². The number of rotatable bonds is 23. The van der Waals surface area contributed by atoms with Gasteiger partial charge < -0.3 is 0 Å². The van der Waals surface area contributed by atoms with E-state index in [4.69, 9.17) is 0 Å². The van der Waals surface area contributed by atoms with E-state index in [0.717, 1.165) is 0 Å². The van der Waals surface area contributed by atoms with E-state index in [9.17, 15) is 0 Å². The Hall–Kier alpha value is 0.283. The van der Waals surface area contributed by atoms with Crippen molar-refractivity contribution in [1.82, 2.24) is 0 Å². The van der Waals surface area contributed by atoms with Crippen molar-refractivity contribution in [2.75, 3.05) is 0 Å². The fourth-order valence-electron chi connectivity index (χ4n) is 4.83. The van der Waals surface area contributed by atoms with Crippen molar-refractivity contribution in [2.45, 2.75) is 157 Å². The maximum atomic E-state index is 4.20. The second-order valence-corrected chi connectivity index (χ2v) is 19.8. The SMILES string of the molecule is C=C[CH2][Ge]([CH2]CCCCCCC)([CH2]CCCCCCC)[CH2]CCCCCCC. The molecule has 0 aromatic carbocycles. The molecule has 0 aromatic rings. The quantitative estimate of drug-likeness (QED) is 0.0820. The molecule has 0 heterocycles. The van der Waals surface area contributed by atoms with Gasteiger partial charge in [-0.15, -0.1) is 0 Å². The van der Waals surface area contributed by atoms with Crippen LogP contribution in [0.3, 0.4) is 0 Å². The number of hydrogen-bond donors (Lipinski definition) is 0. The molecule has 0 saturated heterocycles. The minimum atomic E-state index is -1.71. The average Bonchev–Trinajstić information content (AvgIpc) is 2.70. The van der Waals surface area contributed by atoms with Gasteiger partial charge in [0.15, 0.2) is 0 Å². The molecule has 0 radical (unpaired) electrons. The third-order valence-corrected chi connectivity index (χ3v) is 18.1. The van der Waals surface area contributed by atoms with Crippen LogP contribution in [0.5, 0.6) is 0 Å². The molecule has 0 fully saturated rings. The molecule has 0 aliphatic rings. The minimum absolute atomic E-state index is 1.37. The summed E-state index contributed by atoms with van der Waals surface area (Å²) in [4.78, 5) is 0. The van der Waals surface area contributed by atoms with Crippen LogP contribution in [0.2, 0.25) is 21.0 Å². The third kappa shape index (κ3) is 17.2. The van der Waals surface area contributed by atoms with E-state index in [1.807, 2.05) is 0 Å². The Morgan fingerprint density at radius 3 is 1.04 bits per heavy atom. The van der Waals surface area contributed by atoms with Crippen molar-refractivity contribution in [1.29, 1.82) is 0 Å². The van der Waals surface area contributed by atoms with Crippen molar-refractivity contribution in [3.63, 3.8) is 0 Å². The van der Waals surface area contributed by atoms with Crippen molar-refractivity contribution in [3.05, 3.63) is 12.7 Å². The molecule has 0 aromatic heterocycles. The van der Waals surface area contributed by atoms with Gasteiger partial charge in [0.25, 0.3) is 0 Å². The number of allylic oxidation sites excluding steroid dienone is 1. The number of hydrogen-bond acceptors (Lipinski definition) is 0. The van der Waals surface area contributed by atoms with Crippen LogP contribution in [0.25, 0.3) is 0 Å². The molecule has 0 aliphatic carbocycles. The Balaban J connectivity index is 4.41. The Kier molecular flexibility index (Phi) is 22.2. The van der Waals surface area contributed by atoms with Gasteiger partial charge >= 0.3 is 183 Å². The molecule has 0 amide bonds. The van der Waals surface area contributed by atoms with Crippen LogP contribution >= 0.6 is 0 Å². The molecule has 0 N–H and O–H groups in total. The Bertz CT molecular complexity index is 269. The van der Waals surface area contributed by atoms with Gasteiger partial charge in [-0.3, -0.25) is 0 Å². The normalized spacial score (nSPS) is 11.8. The molecule has 168 valence electrons. The summed E-state index contributed by atoms with van der Waals surface area (Å²) < 4.78 is 0. The van der Waals surface area contributed by atoms with E-state index in [-0.39, 0.29) is 0 Å². The van der Waals surface area contributed by atoms with Gasteiger partial charge in [-0.05, 0) is 0 Å². The summed E-state index contributed by atoms with van der Waals surface area (Å²) in [5, 5.41) is 6.37. The molecular formula is C27H56Ge. The monoisotopic (exact) mass is 454 g/mol. The molecule has 0 nitrogen and oxygen atoms in total. The van der Waals surface area contributed by atoms with Crippen molar-refractivity contribution in [3.8, 4) is 0 Å². The molecule has 28 heavy (non-hydrogen) atoms. The van der Waals surface area contributed by atoms with Crippen LogP contribution in [0.15, 0.2) is 12.7 Å². The van der Waals surface area contributed by atoms with Gasteiger partial charge in [-0.1, -0.05) is 0 Å². The van der Waals surface area contributed by atoms with Crippen molar-refractivity contribution >= 4 is 13.3 Å². The Morgan fingerprint density at radius 1 is 0.464 bits per heavy atom. The Labute approximate surface area is 183 Å². The fourth-order valence-corrected chi connectivity index (χ4v) is 15.3. The van der Waals surface area contributed by atoms with Crippen LogP contribution in [0.1, 0.15) is 136 Å². The Morgan fingerprint density at radius 2 is 0.750 bits per heavy atom. The van der Waals surface area contributed by atoms with Gasteiger partial charge in [0.05, 0.1) is 0 Å². The van der Waals surface area contributed by atoms with Gasteiger partial charge in [0.1, 0.15) is 0 Å². The molecule has 0 bridgehead atoms. The first-order valence-electron chi connectivity index (χ1n) is 13.4. The average molecular weight is 453 g/mol.